The Balaban J connectivity index is 1.65. The maximum absolute atomic E-state index is 12.2. The summed E-state index contributed by atoms with van der Waals surface area (Å²) in [6.45, 7) is 0. The van der Waals surface area contributed by atoms with E-state index in [2.05, 4.69) is 31.2 Å². The smallest absolute Gasteiger partial charge is 0.251 e. The van der Waals surface area contributed by atoms with Crippen LogP contribution in [-0.4, -0.2) is 15.9 Å². The first-order valence-electron chi connectivity index (χ1n) is 7.91. The summed E-state index contributed by atoms with van der Waals surface area (Å²) < 4.78 is 0.879. The van der Waals surface area contributed by atoms with Crippen molar-refractivity contribution < 1.29 is 4.79 Å². The predicted molar refractivity (Wildman–Crippen MR) is 107 cm³/mol. The minimum atomic E-state index is -0.263. The normalized spacial score (nSPS) is 10.5. The topological polar surface area (TPSA) is 74.8 Å². The zero-order chi connectivity index (χ0) is 18.4. The van der Waals surface area contributed by atoms with Crippen molar-refractivity contribution >= 4 is 39.3 Å². The molecule has 0 radical (unpaired) electrons. The summed E-state index contributed by atoms with van der Waals surface area (Å²) in [5, 5.41) is 3.31. The van der Waals surface area contributed by atoms with E-state index in [-0.39, 0.29) is 17.9 Å². The third-order valence-corrected chi connectivity index (χ3v) is 4.88. The van der Waals surface area contributed by atoms with Gasteiger partial charge in [-0.05, 0) is 23.8 Å². The number of benzene rings is 2. The third-order valence-electron chi connectivity index (χ3n) is 3.44. The summed E-state index contributed by atoms with van der Waals surface area (Å²) in [5.74, 6) is 0.470. The van der Waals surface area contributed by atoms with Crippen molar-refractivity contribution in [1.82, 2.24) is 9.97 Å². The zero-order valence-corrected chi connectivity index (χ0v) is 16.1. The molecule has 0 saturated heterocycles. The van der Waals surface area contributed by atoms with Crippen LogP contribution in [0.5, 0.6) is 0 Å². The van der Waals surface area contributed by atoms with Crippen molar-refractivity contribution in [1.29, 1.82) is 0 Å². The van der Waals surface area contributed by atoms with Gasteiger partial charge in [-0.3, -0.25) is 9.59 Å². The second-order valence-corrected chi connectivity index (χ2v) is 7.43. The molecule has 2 N–H and O–H groups in total. The van der Waals surface area contributed by atoms with Crippen LogP contribution in [0.25, 0.3) is 0 Å². The number of nitrogens with zero attached hydrogens (tertiary/aromatic N) is 1. The Labute approximate surface area is 163 Å². The second-order valence-electron chi connectivity index (χ2n) is 5.55. The minimum Gasteiger partial charge on any atom is -0.326 e. The molecule has 132 valence electrons. The van der Waals surface area contributed by atoms with Gasteiger partial charge in [-0.15, -0.1) is 0 Å². The average Bonchev–Trinajstić information content (AvgIpc) is 2.60. The lowest BCUT2D eigenvalue weighted by molar-refractivity contribution is -0.115. The van der Waals surface area contributed by atoms with Gasteiger partial charge in [-0.1, -0.05) is 64.1 Å². The number of aromatic nitrogens is 2. The number of thioether (sulfide) groups is 1. The summed E-state index contributed by atoms with van der Waals surface area (Å²) in [5.41, 5.74) is 2.00. The van der Waals surface area contributed by atoms with Gasteiger partial charge in [-0.2, -0.15) is 0 Å². The highest BCUT2D eigenvalue weighted by atomic mass is 79.9. The summed E-state index contributed by atoms with van der Waals surface area (Å²) in [6, 6.07) is 18.6. The number of H-pyrrole nitrogens is 1. The molecule has 3 rings (SSSR count). The van der Waals surface area contributed by atoms with Gasteiger partial charge in [0.05, 0.1) is 12.1 Å². The number of hydrogen-bond donors (Lipinski definition) is 2. The van der Waals surface area contributed by atoms with Crippen molar-refractivity contribution in [3.8, 4) is 0 Å². The molecule has 0 aliphatic heterocycles. The predicted octanol–water partition coefficient (Wildman–Crippen LogP) is 4.01. The Morgan fingerprint density at radius 1 is 1.12 bits per heavy atom. The van der Waals surface area contributed by atoms with E-state index in [0.29, 0.717) is 22.3 Å². The van der Waals surface area contributed by atoms with Crippen LogP contribution in [0.1, 0.15) is 11.3 Å². The van der Waals surface area contributed by atoms with E-state index in [1.165, 1.54) is 17.8 Å². The van der Waals surface area contributed by atoms with E-state index >= 15 is 0 Å². The van der Waals surface area contributed by atoms with Crippen molar-refractivity contribution in [2.24, 2.45) is 0 Å². The van der Waals surface area contributed by atoms with Crippen LogP contribution in [0.4, 0.5) is 5.69 Å². The number of aromatic amines is 1. The van der Waals surface area contributed by atoms with Crippen molar-refractivity contribution in [3.05, 3.63) is 86.7 Å². The quantitative estimate of drug-likeness (QED) is 0.458. The summed E-state index contributed by atoms with van der Waals surface area (Å²) >= 11 is 4.79. The standard InChI is InChI=1S/C19H16BrN3O2S/c20-14-7-4-8-15(9-14)21-17(24)10-16-11-18(25)23-19(22-16)26-12-13-5-2-1-3-6-13/h1-9,11H,10,12H2,(H,21,24)(H,22,23,25). The first kappa shape index (κ1) is 18.4. The molecule has 0 bridgehead atoms. The molecule has 1 heterocycles. The monoisotopic (exact) mass is 429 g/mol. The van der Waals surface area contributed by atoms with Crippen LogP contribution >= 0.6 is 27.7 Å². The first-order chi connectivity index (χ1) is 12.6. The molecule has 1 aromatic heterocycles. The van der Waals surface area contributed by atoms with Crippen LogP contribution in [0.3, 0.4) is 0 Å². The van der Waals surface area contributed by atoms with Gasteiger partial charge >= 0.3 is 0 Å². The van der Waals surface area contributed by atoms with E-state index in [4.69, 9.17) is 0 Å². The highest BCUT2D eigenvalue weighted by molar-refractivity contribution is 9.10. The van der Waals surface area contributed by atoms with E-state index in [1.807, 2.05) is 48.5 Å². The number of carbonyl (C=O) groups is 1. The van der Waals surface area contributed by atoms with Crippen molar-refractivity contribution in [2.75, 3.05) is 5.32 Å². The third kappa shape index (κ3) is 5.57. The van der Waals surface area contributed by atoms with Crippen LogP contribution in [0.2, 0.25) is 0 Å². The number of amides is 1. The van der Waals surface area contributed by atoms with E-state index in [0.717, 1.165) is 10.0 Å². The lowest BCUT2D eigenvalue weighted by atomic mass is 10.2. The molecule has 0 fully saturated rings. The Kier molecular flexibility index (Phi) is 6.25. The molecule has 1 amide bonds. The van der Waals surface area contributed by atoms with E-state index < -0.39 is 0 Å². The maximum atomic E-state index is 12.2. The summed E-state index contributed by atoms with van der Waals surface area (Å²) in [4.78, 5) is 31.2. The zero-order valence-electron chi connectivity index (χ0n) is 13.7. The summed E-state index contributed by atoms with van der Waals surface area (Å²) in [7, 11) is 0. The second kappa shape index (κ2) is 8.82. The van der Waals surface area contributed by atoms with Gasteiger partial charge < -0.3 is 10.3 Å². The van der Waals surface area contributed by atoms with E-state index in [1.54, 1.807) is 6.07 Å². The molecule has 5 nitrogen and oxygen atoms in total. The molecule has 3 aromatic rings. The van der Waals surface area contributed by atoms with Gasteiger partial charge in [0, 0.05) is 22.0 Å². The number of halogens is 1. The Morgan fingerprint density at radius 3 is 2.69 bits per heavy atom. The fourth-order valence-corrected chi connectivity index (χ4v) is 3.55. The molecule has 7 heteroatoms. The van der Waals surface area contributed by atoms with E-state index in [9.17, 15) is 9.59 Å². The Hall–Kier alpha value is -2.38. The Bertz CT molecular complexity index is 960. The maximum Gasteiger partial charge on any atom is 0.251 e. The molecule has 0 spiro atoms. The van der Waals surface area contributed by atoms with Crippen molar-refractivity contribution in [3.63, 3.8) is 0 Å². The molecule has 0 aliphatic rings. The Morgan fingerprint density at radius 2 is 1.92 bits per heavy atom. The van der Waals surface area contributed by atoms with Gasteiger partial charge in [0.15, 0.2) is 5.16 Å². The lowest BCUT2D eigenvalue weighted by Crippen LogP contribution is -2.18. The van der Waals surface area contributed by atoms with Crippen LogP contribution in [-0.2, 0) is 17.0 Å². The largest absolute Gasteiger partial charge is 0.326 e. The molecular weight excluding hydrogens is 414 g/mol. The molecule has 26 heavy (non-hydrogen) atoms. The average molecular weight is 430 g/mol. The highest BCUT2D eigenvalue weighted by Gasteiger charge is 2.09. The molecule has 0 saturated carbocycles. The highest BCUT2D eigenvalue weighted by Crippen LogP contribution is 2.19. The fraction of sp³-hybridized carbons (Fsp3) is 0.105. The summed E-state index contributed by atoms with van der Waals surface area (Å²) in [6.07, 6.45) is 0.0370. The molecule has 0 aliphatic carbocycles. The fourth-order valence-electron chi connectivity index (χ4n) is 2.30. The molecular formula is C19H16BrN3O2S. The molecule has 2 aromatic carbocycles. The van der Waals surface area contributed by atoms with Crippen molar-refractivity contribution in [2.45, 2.75) is 17.3 Å². The van der Waals surface area contributed by atoms with Gasteiger partial charge in [0.25, 0.3) is 5.56 Å². The SMILES string of the molecule is O=C(Cc1cc(=O)[nH]c(SCc2ccccc2)n1)Nc1cccc(Br)c1. The number of nitrogens with one attached hydrogen (secondary N) is 2. The number of anilines is 1. The lowest BCUT2D eigenvalue weighted by Gasteiger charge is -2.06. The number of rotatable bonds is 6. The van der Waals surface area contributed by atoms with Crippen LogP contribution in [0.15, 0.2) is 75.1 Å². The van der Waals surface area contributed by atoms with Crippen LogP contribution in [0, 0.1) is 0 Å². The molecule has 0 unspecified atom stereocenters. The van der Waals surface area contributed by atoms with Gasteiger partial charge in [0.2, 0.25) is 5.91 Å². The number of carbonyl (C=O) groups excluding carboxylic acids is 1. The first-order valence-corrected chi connectivity index (χ1v) is 9.69. The minimum absolute atomic E-state index is 0.0370. The number of hydrogen-bond acceptors (Lipinski definition) is 4. The van der Waals surface area contributed by atoms with Crippen LogP contribution < -0.4 is 10.9 Å². The van der Waals surface area contributed by atoms with Gasteiger partial charge in [0.1, 0.15) is 0 Å². The van der Waals surface area contributed by atoms with Gasteiger partial charge in [-0.25, -0.2) is 4.98 Å². The molecule has 0 atom stereocenters.